The first-order valence-corrected chi connectivity index (χ1v) is 8.29. The number of unbranched alkanes of at least 4 members (excludes halogenated alkanes) is 1. The molecule has 0 amide bonds. The van der Waals surface area contributed by atoms with E-state index in [0.717, 1.165) is 6.42 Å². The molecule has 3 heteroatoms. The van der Waals surface area contributed by atoms with Crippen LogP contribution in [0.25, 0.3) is 0 Å². The second kappa shape index (κ2) is 11.4. The second-order valence-electron chi connectivity index (χ2n) is 4.47. The van der Waals surface area contributed by atoms with Crippen LogP contribution in [0.5, 0.6) is 0 Å². The Kier molecular flexibility index (Phi) is 10.0. The van der Waals surface area contributed by atoms with Gasteiger partial charge in [0.25, 0.3) is 0 Å². The molecule has 0 bridgehead atoms. The Hall–Kier alpha value is -0.390. The summed E-state index contributed by atoms with van der Waals surface area (Å²) in [5.41, 5.74) is 1.18. The number of benzene rings is 1. The van der Waals surface area contributed by atoms with Crippen molar-refractivity contribution >= 4 is 22.6 Å². The van der Waals surface area contributed by atoms with E-state index in [1.165, 1.54) is 22.8 Å². The highest BCUT2D eigenvalue weighted by Gasteiger charge is 1.99. The topological polar surface area (TPSA) is 18.5 Å². The monoisotopic (exact) mass is 374 g/mol. The van der Waals surface area contributed by atoms with E-state index in [4.69, 9.17) is 9.47 Å². The summed E-state index contributed by atoms with van der Waals surface area (Å²) < 4.78 is 12.3. The third kappa shape index (κ3) is 9.19. The summed E-state index contributed by atoms with van der Waals surface area (Å²) in [5, 5.41) is 0. The van der Waals surface area contributed by atoms with E-state index in [1.807, 2.05) is 18.2 Å². The van der Waals surface area contributed by atoms with Gasteiger partial charge in [-0.25, -0.2) is 0 Å². The maximum absolute atomic E-state index is 5.60. The SMILES string of the molecule is C[C@H](C/C=C/CCCI)OCOCc1ccccc1. The molecule has 2 nitrogen and oxygen atoms in total. The molecule has 0 unspecified atom stereocenters. The molecule has 1 aromatic carbocycles. The van der Waals surface area contributed by atoms with Crippen molar-refractivity contribution in [3.8, 4) is 0 Å². The van der Waals surface area contributed by atoms with E-state index in [-0.39, 0.29) is 6.10 Å². The fourth-order valence-electron chi connectivity index (χ4n) is 1.57. The van der Waals surface area contributed by atoms with Crippen LogP contribution in [0.4, 0.5) is 0 Å². The van der Waals surface area contributed by atoms with Crippen molar-refractivity contribution in [2.24, 2.45) is 0 Å². The van der Waals surface area contributed by atoms with Gasteiger partial charge in [0, 0.05) is 0 Å². The molecular formula is C16H23IO2. The lowest BCUT2D eigenvalue weighted by molar-refractivity contribution is -0.0893. The van der Waals surface area contributed by atoms with Crippen LogP contribution >= 0.6 is 22.6 Å². The minimum absolute atomic E-state index is 0.214. The molecule has 106 valence electrons. The Labute approximate surface area is 130 Å². The normalized spacial score (nSPS) is 12.9. The smallest absolute Gasteiger partial charge is 0.147 e. The van der Waals surface area contributed by atoms with Crippen LogP contribution in [-0.2, 0) is 16.1 Å². The highest BCUT2D eigenvalue weighted by Crippen LogP contribution is 2.04. The zero-order chi connectivity index (χ0) is 13.8. The van der Waals surface area contributed by atoms with Crippen molar-refractivity contribution in [2.75, 3.05) is 11.2 Å². The summed E-state index contributed by atoms with van der Waals surface area (Å²) in [6.07, 6.45) is 8.03. The van der Waals surface area contributed by atoms with Crippen molar-refractivity contribution in [1.29, 1.82) is 0 Å². The van der Waals surface area contributed by atoms with Crippen LogP contribution in [0.1, 0.15) is 31.7 Å². The van der Waals surface area contributed by atoms with Gasteiger partial charge >= 0.3 is 0 Å². The molecule has 1 aromatic rings. The maximum Gasteiger partial charge on any atom is 0.147 e. The zero-order valence-corrected chi connectivity index (χ0v) is 13.7. The highest BCUT2D eigenvalue weighted by atomic mass is 127. The minimum atomic E-state index is 0.214. The van der Waals surface area contributed by atoms with Crippen molar-refractivity contribution in [1.82, 2.24) is 0 Å². The molecule has 0 fully saturated rings. The van der Waals surface area contributed by atoms with Gasteiger partial charge in [-0.3, -0.25) is 0 Å². The van der Waals surface area contributed by atoms with Crippen LogP contribution in [0, 0.1) is 0 Å². The van der Waals surface area contributed by atoms with E-state index in [2.05, 4.69) is 53.8 Å². The largest absolute Gasteiger partial charge is 0.352 e. The van der Waals surface area contributed by atoms with Crippen molar-refractivity contribution in [3.05, 3.63) is 48.0 Å². The van der Waals surface area contributed by atoms with Gasteiger partial charge in [0.1, 0.15) is 6.79 Å². The summed E-state index contributed by atoms with van der Waals surface area (Å²) in [4.78, 5) is 0. The molecule has 19 heavy (non-hydrogen) atoms. The Morgan fingerprint density at radius 1 is 1.21 bits per heavy atom. The van der Waals surface area contributed by atoms with E-state index in [9.17, 15) is 0 Å². The number of rotatable bonds is 10. The minimum Gasteiger partial charge on any atom is -0.352 e. The molecule has 1 atom stereocenters. The molecular weight excluding hydrogens is 351 g/mol. The van der Waals surface area contributed by atoms with Gasteiger partial charge in [0.2, 0.25) is 0 Å². The summed E-state index contributed by atoms with van der Waals surface area (Å²) in [5.74, 6) is 0. The van der Waals surface area contributed by atoms with Gasteiger partial charge in [-0.05, 0) is 36.2 Å². The molecule has 0 aliphatic rings. The maximum atomic E-state index is 5.60. The lowest BCUT2D eigenvalue weighted by Crippen LogP contribution is -2.10. The predicted molar refractivity (Wildman–Crippen MR) is 88.5 cm³/mol. The van der Waals surface area contributed by atoms with Gasteiger partial charge in [-0.1, -0.05) is 65.1 Å². The average Bonchev–Trinajstić information content (AvgIpc) is 2.44. The van der Waals surface area contributed by atoms with Gasteiger partial charge in [0.15, 0.2) is 0 Å². The predicted octanol–water partition coefficient (Wildman–Crippen LogP) is 4.73. The lowest BCUT2D eigenvalue weighted by Gasteiger charge is -2.11. The number of halogens is 1. The van der Waals surface area contributed by atoms with E-state index in [0.29, 0.717) is 13.4 Å². The number of allylic oxidation sites excluding steroid dienone is 1. The van der Waals surface area contributed by atoms with Crippen LogP contribution in [0.2, 0.25) is 0 Å². The molecule has 0 N–H and O–H groups in total. The van der Waals surface area contributed by atoms with Crippen molar-refractivity contribution in [3.63, 3.8) is 0 Å². The Balaban J connectivity index is 2.01. The van der Waals surface area contributed by atoms with Crippen molar-refractivity contribution < 1.29 is 9.47 Å². The molecule has 1 rings (SSSR count). The summed E-state index contributed by atoms with van der Waals surface area (Å²) in [7, 11) is 0. The van der Waals surface area contributed by atoms with Crippen LogP contribution < -0.4 is 0 Å². The van der Waals surface area contributed by atoms with Gasteiger partial charge in [0.05, 0.1) is 12.7 Å². The fourth-order valence-corrected chi connectivity index (χ4v) is 2.01. The Morgan fingerprint density at radius 3 is 2.74 bits per heavy atom. The van der Waals surface area contributed by atoms with Gasteiger partial charge < -0.3 is 9.47 Å². The first-order valence-electron chi connectivity index (χ1n) is 6.77. The molecule has 0 saturated carbocycles. The Bertz CT molecular complexity index is 338. The number of alkyl halides is 1. The summed E-state index contributed by atoms with van der Waals surface area (Å²) >= 11 is 2.40. The number of hydrogen-bond donors (Lipinski definition) is 0. The number of hydrogen-bond acceptors (Lipinski definition) is 2. The van der Waals surface area contributed by atoms with Crippen LogP contribution in [0.15, 0.2) is 42.5 Å². The van der Waals surface area contributed by atoms with E-state index in [1.54, 1.807) is 0 Å². The second-order valence-corrected chi connectivity index (χ2v) is 5.55. The van der Waals surface area contributed by atoms with Crippen molar-refractivity contribution in [2.45, 2.75) is 38.9 Å². The summed E-state index contributed by atoms with van der Waals surface area (Å²) in [6.45, 7) is 3.05. The molecule has 0 aliphatic heterocycles. The lowest BCUT2D eigenvalue weighted by atomic mass is 10.2. The van der Waals surface area contributed by atoms with Gasteiger partial charge in [-0.15, -0.1) is 0 Å². The highest BCUT2D eigenvalue weighted by molar-refractivity contribution is 14.1. The molecule has 0 aromatic heterocycles. The zero-order valence-electron chi connectivity index (χ0n) is 11.6. The number of ether oxygens (including phenoxy) is 2. The Morgan fingerprint density at radius 2 is 2.00 bits per heavy atom. The molecule has 0 radical (unpaired) electrons. The van der Waals surface area contributed by atoms with E-state index >= 15 is 0 Å². The van der Waals surface area contributed by atoms with Crippen LogP contribution in [0.3, 0.4) is 0 Å². The standard InChI is InChI=1S/C16H23IO2/c1-15(9-5-2-3-8-12-17)19-14-18-13-16-10-6-4-7-11-16/h2,4-7,10-11,15H,3,8-9,12-14H2,1H3/b5-2+/t15-/m1/s1. The third-order valence-electron chi connectivity index (χ3n) is 2.69. The molecule has 0 spiro atoms. The van der Waals surface area contributed by atoms with Crippen LogP contribution in [-0.4, -0.2) is 17.3 Å². The molecule has 0 heterocycles. The van der Waals surface area contributed by atoms with E-state index < -0.39 is 0 Å². The first-order chi connectivity index (χ1) is 9.33. The quantitative estimate of drug-likeness (QED) is 0.194. The third-order valence-corrected chi connectivity index (χ3v) is 3.45. The first kappa shape index (κ1) is 16.7. The average molecular weight is 374 g/mol. The molecule has 0 saturated heterocycles. The summed E-state index contributed by atoms with van der Waals surface area (Å²) in [6, 6.07) is 10.1. The van der Waals surface area contributed by atoms with Gasteiger partial charge in [-0.2, -0.15) is 0 Å². The molecule has 0 aliphatic carbocycles. The fraction of sp³-hybridized carbons (Fsp3) is 0.500.